The molecule has 2 aromatic carbocycles. The third kappa shape index (κ3) is 3.19. The largest absolute Gasteiger partial charge is 0.496 e. The molecule has 2 rings (SSSR count). The quantitative estimate of drug-likeness (QED) is 0.881. The van der Waals surface area contributed by atoms with Gasteiger partial charge in [0.2, 0.25) is 0 Å². The number of benzene rings is 2. The van der Waals surface area contributed by atoms with Crippen molar-refractivity contribution in [3.63, 3.8) is 0 Å². The highest BCUT2D eigenvalue weighted by Gasteiger charge is 2.04. The van der Waals surface area contributed by atoms with E-state index < -0.39 is 0 Å². The zero-order valence-corrected chi connectivity index (χ0v) is 12.4. The number of rotatable bonds is 3. The monoisotopic (exact) mass is 336 g/mol. The molecule has 1 N–H and O–H groups in total. The number of nitrogens with one attached hydrogen (secondary N) is 1. The first-order valence-corrected chi connectivity index (χ1v) is 6.61. The Hall–Kier alpha value is -1.70. The van der Waals surface area contributed by atoms with Crippen LogP contribution in [0.15, 0.2) is 40.9 Å². The van der Waals surface area contributed by atoms with E-state index in [1.54, 1.807) is 19.2 Å². The normalized spacial score (nSPS) is 9.79. The van der Waals surface area contributed by atoms with Gasteiger partial charge in [0.15, 0.2) is 0 Å². The van der Waals surface area contributed by atoms with Gasteiger partial charge in [0.25, 0.3) is 0 Å². The van der Waals surface area contributed by atoms with Crippen molar-refractivity contribution in [3.05, 3.63) is 51.5 Å². The number of methoxy groups -OCH3 is 1. The Morgan fingerprint density at radius 1 is 1.21 bits per heavy atom. The van der Waals surface area contributed by atoms with Gasteiger partial charge in [0, 0.05) is 11.4 Å². The van der Waals surface area contributed by atoms with Gasteiger partial charge >= 0.3 is 0 Å². The molecule has 0 unspecified atom stereocenters. The van der Waals surface area contributed by atoms with Crippen LogP contribution in [0, 0.1) is 11.3 Å². The summed E-state index contributed by atoms with van der Waals surface area (Å²) in [7, 11) is 1.62. The topological polar surface area (TPSA) is 45.0 Å². The number of nitriles is 1. The molecule has 5 heteroatoms. The zero-order valence-electron chi connectivity index (χ0n) is 10.1. The average molecular weight is 338 g/mol. The van der Waals surface area contributed by atoms with Gasteiger partial charge in [-0.2, -0.15) is 5.26 Å². The van der Waals surface area contributed by atoms with Crippen molar-refractivity contribution in [3.8, 4) is 11.8 Å². The van der Waals surface area contributed by atoms with Crippen molar-refractivity contribution in [2.45, 2.75) is 0 Å². The van der Waals surface area contributed by atoms with Crippen LogP contribution in [0.1, 0.15) is 5.56 Å². The number of anilines is 2. The molecule has 0 saturated carbocycles. The Balaban J connectivity index is 2.24. The first-order chi connectivity index (χ1) is 9.13. The lowest BCUT2D eigenvalue weighted by molar-refractivity contribution is 0.412. The number of hydrogen-bond acceptors (Lipinski definition) is 3. The lowest BCUT2D eigenvalue weighted by atomic mass is 10.2. The first-order valence-electron chi connectivity index (χ1n) is 5.44. The Morgan fingerprint density at radius 2 is 1.89 bits per heavy atom. The Labute approximate surface area is 124 Å². The van der Waals surface area contributed by atoms with Gasteiger partial charge in [-0.25, -0.2) is 0 Å². The number of ether oxygens (including phenoxy) is 1. The highest BCUT2D eigenvalue weighted by Crippen LogP contribution is 2.30. The SMILES string of the molecule is COc1ccc(Nc2ccc(C#N)c(Cl)c2)cc1Br. The minimum atomic E-state index is 0.431. The summed E-state index contributed by atoms with van der Waals surface area (Å²) in [4.78, 5) is 0. The summed E-state index contributed by atoms with van der Waals surface area (Å²) in [6, 6.07) is 12.9. The second-order valence-corrected chi connectivity index (χ2v) is 5.04. The Kier molecular flexibility index (Phi) is 4.31. The van der Waals surface area contributed by atoms with E-state index in [4.69, 9.17) is 21.6 Å². The van der Waals surface area contributed by atoms with Gasteiger partial charge in [-0.3, -0.25) is 0 Å². The lowest BCUT2D eigenvalue weighted by Crippen LogP contribution is -1.92. The molecule has 0 spiro atoms. The fraction of sp³-hybridized carbons (Fsp3) is 0.0714. The van der Waals surface area contributed by atoms with Crippen LogP contribution in [0.5, 0.6) is 5.75 Å². The molecule has 0 amide bonds. The molecule has 0 fully saturated rings. The fourth-order valence-corrected chi connectivity index (χ4v) is 2.36. The van der Waals surface area contributed by atoms with Gasteiger partial charge in [0.1, 0.15) is 11.8 Å². The summed E-state index contributed by atoms with van der Waals surface area (Å²) in [5.41, 5.74) is 2.18. The second-order valence-electron chi connectivity index (χ2n) is 3.78. The highest BCUT2D eigenvalue weighted by atomic mass is 79.9. The fourth-order valence-electron chi connectivity index (χ4n) is 1.59. The molecule has 0 aliphatic carbocycles. The number of hydrogen-bond donors (Lipinski definition) is 1. The minimum Gasteiger partial charge on any atom is -0.496 e. The summed E-state index contributed by atoms with van der Waals surface area (Å²) in [6.07, 6.45) is 0. The summed E-state index contributed by atoms with van der Waals surface area (Å²) >= 11 is 9.41. The Bertz CT molecular complexity index is 652. The predicted molar refractivity (Wildman–Crippen MR) is 80.1 cm³/mol. The van der Waals surface area contributed by atoms with E-state index in [2.05, 4.69) is 21.2 Å². The molecule has 0 aliphatic rings. The van der Waals surface area contributed by atoms with Crippen molar-refractivity contribution < 1.29 is 4.74 Å². The third-order valence-electron chi connectivity index (χ3n) is 2.53. The molecule has 0 bridgehead atoms. The third-order valence-corrected chi connectivity index (χ3v) is 3.46. The van der Waals surface area contributed by atoms with E-state index in [0.29, 0.717) is 10.6 Å². The molecule has 0 saturated heterocycles. The zero-order chi connectivity index (χ0) is 13.8. The summed E-state index contributed by atoms with van der Waals surface area (Å²) in [5, 5.41) is 12.5. The molecule has 0 heterocycles. The molecule has 0 atom stereocenters. The molecule has 96 valence electrons. The van der Waals surface area contributed by atoms with Gasteiger partial charge < -0.3 is 10.1 Å². The molecule has 3 nitrogen and oxygen atoms in total. The van der Waals surface area contributed by atoms with Gasteiger partial charge in [0.05, 0.1) is 22.2 Å². The van der Waals surface area contributed by atoms with E-state index in [-0.39, 0.29) is 0 Å². The maximum Gasteiger partial charge on any atom is 0.133 e. The van der Waals surface area contributed by atoms with Gasteiger partial charge in [-0.15, -0.1) is 0 Å². The van der Waals surface area contributed by atoms with Crippen LogP contribution in [-0.2, 0) is 0 Å². The molecular formula is C14H10BrClN2O. The van der Waals surface area contributed by atoms with Crippen LogP contribution in [0.3, 0.4) is 0 Å². The average Bonchev–Trinajstić information content (AvgIpc) is 2.39. The first kappa shape index (κ1) is 13.7. The number of nitrogens with zero attached hydrogens (tertiary/aromatic N) is 1. The standard InChI is InChI=1S/C14H10BrClN2O/c1-19-14-5-4-10(6-12(14)15)18-11-3-2-9(8-17)13(16)7-11/h2-7,18H,1H3. The summed E-state index contributed by atoms with van der Waals surface area (Å²) < 4.78 is 6.03. The van der Waals surface area contributed by atoms with Crippen molar-refractivity contribution in [2.24, 2.45) is 0 Å². The molecule has 0 aromatic heterocycles. The maximum atomic E-state index is 8.82. The van der Waals surface area contributed by atoms with Gasteiger partial charge in [-0.05, 0) is 52.3 Å². The van der Waals surface area contributed by atoms with Crippen molar-refractivity contribution in [1.82, 2.24) is 0 Å². The van der Waals surface area contributed by atoms with Crippen molar-refractivity contribution in [1.29, 1.82) is 5.26 Å². The smallest absolute Gasteiger partial charge is 0.133 e. The van der Waals surface area contributed by atoms with E-state index >= 15 is 0 Å². The van der Waals surface area contributed by atoms with Crippen LogP contribution < -0.4 is 10.1 Å². The molecule has 0 aliphatic heterocycles. The van der Waals surface area contributed by atoms with Crippen LogP contribution in [0.2, 0.25) is 5.02 Å². The summed E-state index contributed by atoms with van der Waals surface area (Å²) in [6.45, 7) is 0. The van der Waals surface area contributed by atoms with Crippen molar-refractivity contribution >= 4 is 38.9 Å². The molecule has 2 aromatic rings. The molecular weight excluding hydrogens is 328 g/mol. The van der Waals surface area contributed by atoms with E-state index in [1.807, 2.05) is 30.3 Å². The highest BCUT2D eigenvalue weighted by molar-refractivity contribution is 9.10. The van der Waals surface area contributed by atoms with E-state index in [1.165, 1.54) is 0 Å². The lowest BCUT2D eigenvalue weighted by Gasteiger charge is -2.09. The van der Waals surface area contributed by atoms with Crippen LogP contribution in [-0.4, -0.2) is 7.11 Å². The second kappa shape index (κ2) is 5.96. The summed E-state index contributed by atoms with van der Waals surface area (Å²) in [5.74, 6) is 0.767. The predicted octanol–water partition coefficient (Wildman–Crippen LogP) is 4.73. The Morgan fingerprint density at radius 3 is 2.47 bits per heavy atom. The molecule has 19 heavy (non-hydrogen) atoms. The van der Waals surface area contributed by atoms with Crippen LogP contribution >= 0.6 is 27.5 Å². The van der Waals surface area contributed by atoms with Gasteiger partial charge in [-0.1, -0.05) is 11.6 Å². The maximum absolute atomic E-state index is 8.82. The van der Waals surface area contributed by atoms with E-state index in [9.17, 15) is 0 Å². The van der Waals surface area contributed by atoms with E-state index in [0.717, 1.165) is 21.6 Å². The molecule has 0 radical (unpaired) electrons. The van der Waals surface area contributed by atoms with Crippen LogP contribution in [0.4, 0.5) is 11.4 Å². The van der Waals surface area contributed by atoms with Crippen LogP contribution in [0.25, 0.3) is 0 Å². The number of halogens is 2. The minimum absolute atomic E-state index is 0.431. The van der Waals surface area contributed by atoms with Crippen molar-refractivity contribution in [2.75, 3.05) is 12.4 Å².